The van der Waals surface area contributed by atoms with Gasteiger partial charge in [-0.15, -0.1) is 12.4 Å². The highest BCUT2D eigenvalue weighted by Crippen LogP contribution is 2.22. The fraction of sp³-hybridized carbons (Fsp3) is 0.833. The maximum atomic E-state index is 5.24. The molecule has 0 radical (unpaired) electrons. The molecule has 6 heteroatoms. The topological polar surface area (TPSA) is 54.2 Å². The summed E-state index contributed by atoms with van der Waals surface area (Å²) in [7, 11) is 2.01. The van der Waals surface area contributed by atoms with Crippen molar-refractivity contribution in [3.63, 3.8) is 0 Å². The highest BCUT2D eigenvalue weighted by Gasteiger charge is 2.22. The fourth-order valence-electron chi connectivity index (χ4n) is 2.22. The zero-order valence-electron chi connectivity index (χ0n) is 11.3. The van der Waals surface area contributed by atoms with Gasteiger partial charge in [0, 0.05) is 19.0 Å². The van der Waals surface area contributed by atoms with E-state index in [0.29, 0.717) is 5.92 Å². The maximum absolute atomic E-state index is 5.24. The molecule has 5 nitrogen and oxygen atoms in total. The number of piperidine rings is 1. The minimum absolute atomic E-state index is 0. The lowest BCUT2D eigenvalue weighted by molar-refractivity contribution is 0.358. The molecule has 0 bridgehead atoms. The maximum Gasteiger partial charge on any atom is 0.266 e. The first-order valence-electron chi connectivity index (χ1n) is 6.44. The van der Waals surface area contributed by atoms with Crippen LogP contribution in [0.1, 0.15) is 38.5 Å². The van der Waals surface area contributed by atoms with Crippen molar-refractivity contribution in [2.24, 2.45) is 5.92 Å². The number of hydrogen-bond donors (Lipinski definition) is 1. The second kappa shape index (κ2) is 6.95. The molecule has 0 amide bonds. The van der Waals surface area contributed by atoms with Gasteiger partial charge >= 0.3 is 0 Å². The van der Waals surface area contributed by atoms with Gasteiger partial charge < -0.3 is 14.7 Å². The zero-order chi connectivity index (χ0) is 12.3. The molecule has 1 fully saturated rings. The van der Waals surface area contributed by atoms with Crippen molar-refractivity contribution in [3.8, 4) is 0 Å². The minimum Gasteiger partial charge on any atom is -0.338 e. The van der Waals surface area contributed by atoms with Gasteiger partial charge in [0.1, 0.15) is 0 Å². The van der Waals surface area contributed by atoms with Crippen LogP contribution < -0.4 is 10.2 Å². The van der Waals surface area contributed by atoms with Crippen molar-refractivity contribution in [3.05, 3.63) is 5.89 Å². The van der Waals surface area contributed by atoms with Gasteiger partial charge in [0.15, 0.2) is 0 Å². The smallest absolute Gasteiger partial charge is 0.266 e. The summed E-state index contributed by atoms with van der Waals surface area (Å²) >= 11 is 0. The molecule has 0 spiro atoms. The van der Waals surface area contributed by atoms with Gasteiger partial charge in [0.2, 0.25) is 5.89 Å². The lowest BCUT2D eigenvalue weighted by Crippen LogP contribution is -2.37. The molecule has 2 rings (SSSR count). The molecule has 1 saturated heterocycles. The quantitative estimate of drug-likeness (QED) is 0.911. The van der Waals surface area contributed by atoms with Gasteiger partial charge in [0.05, 0.1) is 0 Å². The third-order valence-electron chi connectivity index (χ3n) is 3.32. The summed E-state index contributed by atoms with van der Waals surface area (Å²) in [6.07, 6.45) is 2.40. The average Bonchev–Trinajstić information content (AvgIpc) is 2.80. The highest BCUT2D eigenvalue weighted by molar-refractivity contribution is 5.85. The molecule has 1 aromatic rings. The second-order valence-electron chi connectivity index (χ2n) is 5.08. The summed E-state index contributed by atoms with van der Waals surface area (Å²) in [4.78, 5) is 6.66. The van der Waals surface area contributed by atoms with Crippen LogP contribution in [0.3, 0.4) is 0 Å². The van der Waals surface area contributed by atoms with Crippen LogP contribution in [0.15, 0.2) is 4.52 Å². The standard InChI is InChI=1S/C12H22N4O.ClH/c1-9(2)11-14-12(15-17-11)16-6-4-10(5-7-16)8-13-3;/h9-10,13H,4-8H2,1-3H3;1H. The Kier molecular flexibility index (Phi) is 5.88. The first-order chi connectivity index (χ1) is 8.20. The van der Waals surface area contributed by atoms with Crippen molar-refractivity contribution in [1.29, 1.82) is 0 Å². The van der Waals surface area contributed by atoms with E-state index in [9.17, 15) is 0 Å². The number of nitrogens with one attached hydrogen (secondary N) is 1. The largest absolute Gasteiger partial charge is 0.338 e. The van der Waals surface area contributed by atoms with E-state index in [4.69, 9.17) is 4.52 Å². The van der Waals surface area contributed by atoms with Gasteiger partial charge in [0.25, 0.3) is 5.95 Å². The third kappa shape index (κ3) is 3.59. The number of halogens is 1. The molecule has 0 aromatic carbocycles. The molecule has 0 aliphatic carbocycles. The van der Waals surface area contributed by atoms with Gasteiger partial charge in [-0.1, -0.05) is 13.8 Å². The molecule has 1 aliphatic heterocycles. The molecule has 104 valence electrons. The van der Waals surface area contributed by atoms with Crippen molar-refractivity contribution in [1.82, 2.24) is 15.5 Å². The summed E-state index contributed by atoms with van der Waals surface area (Å²) < 4.78 is 5.24. The molecule has 0 atom stereocenters. The molecule has 2 heterocycles. The Morgan fingerprint density at radius 3 is 2.56 bits per heavy atom. The molecule has 1 aliphatic rings. The van der Waals surface area contributed by atoms with Gasteiger partial charge in [-0.05, 0) is 37.5 Å². The van der Waals surface area contributed by atoms with Gasteiger partial charge in [-0.25, -0.2) is 0 Å². The SMILES string of the molecule is CNCC1CCN(c2noc(C(C)C)n2)CC1.Cl. The van der Waals surface area contributed by atoms with E-state index in [-0.39, 0.29) is 12.4 Å². The Hall–Kier alpha value is -0.810. The lowest BCUT2D eigenvalue weighted by Gasteiger charge is -2.30. The summed E-state index contributed by atoms with van der Waals surface area (Å²) in [5.74, 6) is 2.58. The summed E-state index contributed by atoms with van der Waals surface area (Å²) in [5, 5.41) is 7.30. The van der Waals surface area contributed by atoms with Crippen LogP contribution in [0, 0.1) is 5.92 Å². The fourth-order valence-corrected chi connectivity index (χ4v) is 2.22. The third-order valence-corrected chi connectivity index (χ3v) is 3.32. The van der Waals surface area contributed by atoms with Gasteiger partial charge in [-0.3, -0.25) is 0 Å². The molecule has 18 heavy (non-hydrogen) atoms. The second-order valence-corrected chi connectivity index (χ2v) is 5.08. The lowest BCUT2D eigenvalue weighted by atomic mass is 9.97. The van der Waals surface area contributed by atoms with Gasteiger partial charge in [-0.2, -0.15) is 4.98 Å². The van der Waals surface area contributed by atoms with Crippen LogP contribution in [0.4, 0.5) is 5.95 Å². The Morgan fingerprint density at radius 2 is 2.06 bits per heavy atom. The molecule has 1 aromatic heterocycles. The van der Waals surface area contributed by atoms with E-state index in [0.717, 1.165) is 37.4 Å². The van der Waals surface area contributed by atoms with Crippen molar-refractivity contribution in [2.45, 2.75) is 32.6 Å². The monoisotopic (exact) mass is 274 g/mol. The highest BCUT2D eigenvalue weighted by atomic mass is 35.5. The van der Waals surface area contributed by atoms with E-state index in [2.05, 4.69) is 34.2 Å². The van der Waals surface area contributed by atoms with Crippen molar-refractivity contribution < 1.29 is 4.52 Å². The van der Waals surface area contributed by atoms with E-state index in [1.807, 2.05) is 7.05 Å². The van der Waals surface area contributed by atoms with E-state index in [1.54, 1.807) is 0 Å². The first-order valence-corrected chi connectivity index (χ1v) is 6.44. The Balaban J connectivity index is 0.00000162. The molecule has 0 saturated carbocycles. The minimum atomic E-state index is 0. The van der Waals surface area contributed by atoms with Crippen LogP contribution in [0.5, 0.6) is 0 Å². The van der Waals surface area contributed by atoms with Crippen LogP contribution >= 0.6 is 12.4 Å². The normalized spacial score (nSPS) is 17.0. The molecular formula is C12H23ClN4O. The first kappa shape index (κ1) is 15.2. The summed E-state index contributed by atoms with van der Waals surface area (Å²) in [5.41, 5.74) is 0. The number of aromatic nitrogens is 2. The van der Waals surface area contributed by atoms with E-state index < -0.39 is 0 Å². The predicted octanol–water partition coefficient (Wildman–Crippen LogP) is 2.05. The Bertz CT molecular complexity index is 348. The predicted molar refractivity (Wildman–Crippen MR) is 74.5 cm³/mol. The van der Waals surface area contributed by atoms with Crippen LogP contribution in [-0.4, -0.2) is 36.8 Å². The number of hydrogen-bond acceptors (Lipinski definition) is 5. The number of rotatable bonds is 4. The van der Waals surface area contributed by atoms with Crippen LogP contribution in [-0.2, 0) is 0 Å². The molecule has 1 N–H and O–H groups in total. The average molecular weight is 275 g/mol. The zero-order valence-corrected chi connectivity index (χ0v) is 12.2. The van der Waals surface area contributed by atoms with Crippen molar-refractivity contribution >= 4 is 18.4 Å². The van der Waals surface area contributed by atoms with E-state index >= 15 is 0 Å². The number of anilines is 1. The number of nitrogens with zero attached hydrogens (tertiary/aromatic N) is 3. The van der Waals surface area contributed by atoms with Crippen LogP contribution in [0.2, 0.25) is 0 Å². The molecule has 0 unspecified atom stereocenters. The summed E-state index contributed by atoms with van der Waals surface area (Å²) in [6.45, 7) is 7.30. The van der Waals surface area contributed by atoms with Crippen molar-refractivity contribution in [2.75, 3.05) is 31.6 Å². The van der Waals surface area contributed by atoms with E-state index in [1.165, 1.54) is 12.8 Å². The summed E-state index contributed by atoms with van der Waals surface area (Å²) in [6, 6.07) is 0. The van der Waals surface area contributed by atoms with Crippen LogP contribution in [0.25, 0.3) is 0 Å². The Morgan fingerprint density at radius 1 is 1.39 bits per heavy atom. The Labute approximate surface area is 115 Å². The molecular weight excluding hydrogens is 252 g/mol.